The summed E-state index contributed by atoms with van der Waals surface area (Å²) in [5.41, 5.74) is 1.02. The molecule has 0 aliphatic heterocycles. The van der Waals surface area contributed by atoms with Gasteiger partial charge in [0.15, 0.2) is 0 Å². The predicted molar refractivity (Wildman–Crippen MR) is 104 cm³/mol. The summed E-state index contributed by atoms with van der Waals surface area (Å²) < 4.78 is 17.1. The molecule has 0 aliphatic carbocycles. The van der Waals surface area contributed by atoms with E-state index in [1.165, 1.54) is 0 Å². The van der Waals surface area contributed by atoms with Crippen molar-refractivity contribution >= 4 is 16.8 Å². The summed E-state index contributed by atoms with van der Waals surface area (Å²) in [6, 6.07) is 7.52. The SMILES string of the molecule is COc1ccccc1C(CNC(=O)NCCS(=O)C(C)(C)C)N(C)C. The molecule has 1 rings (SSSR count). The lowest BCUT2D eigenvalue weighted by Crippen LogP contribution is -2.42. The van der Waals surface area contributed by atoms with E-state index >= 15 is 0 Å². The fourth-order valence-corrected chi connectivity index (χ4v) is 3.23. The van der Waals surface area contributed by atoms with E-state index in [0.717, 1.165) is 11.3 Å². The van der Waals surface area contributed by atoms with Gasteiger partial charge in [-0.2, -0.15) is 0 Å². The minimum absolute atomic E-state index is 0.00870. The summed E-state index contributed by atoms with van der Waals surface area (Å²) in [6.07, 6.45) is 0. The molecule has 6 nitrogen and oxygen atoms in total. The average molecular weight is 370 g/mol. The quantitative estimate of drug-likeness (QED) is 0.737. The molecule has 0 radical (unpaired) electrons. The van der Waals surface area contributed by atoms with Crippen LogP contribution in [0.5, 0.6) is 5.75 Å². The Hall–Kier alpha value is -1.60. The summed E-state index contributed by atoms with van der Waals surface area (Å²) in [5.74, 6) is 1.24. The molecule has 1 aromatic rings. The fourth-order valence-electron chi connectivity index (χ4n) is 2.33. The Bertz CT molecular complexity index is 585. The Morgan fingerprint density at radius 2 is 1.88 bits per heavy atom. The van der Waals surface area contributed by atoms with Crippen LogP contribution in [0, 0.1) is 0 Å². The van der Waals surface area contributed by atoms with Gasteiger partial charge in [0.25, 0.3) is 0 Å². The van der Waals surface area contributed by atoms with Gasteiger partial charge in [-0.15, -0.1) is 0 Å². The second-order valence-corrected chi connectivity index (χ2v) is 9.34. The Balaban J connectivity index is 2.55. The highest BCUT2D eigenvalue weighted by atomic mass is 32.2. The monoisotopic (exact) mass is 369 g/mol. The maximum atomic E-state index is 12.0. The number of rotatable bonds is 8. The number of nitrogens with zero attached hydrogens (tertiary/aromatic N) is 1. The molecule has 0 aliphatic rings. The molecule has 0 spiro atoms. The lowest BCUT2D eigenvalue weighted by Gasteiger charge is -2.26. The van der Waals surface area contributed by atoms with Gasteiger partial charge in [-0.25, -0.2) is 4.79 Å². The number of hydrogen-bond donors (Lipinski definition) is 2. The van der Waals surface area contributed by atoms with E-state index < -0.39 is 10.8 Å². The molecule has 2 N–H and O–H groups in total. The normalized spacial score (nSPS) is 14.0. The molecule has 1 aromatic carbocycles. The van der Waals surface area contributed by atoms with Crippen molar-refractivity contribution < 1.29 is 13.7 Å². The summed E-state index contributed by atoms with van der Waals surface area (Å²) in [4.78, 5) is 14.1. The van der Waals surface area contributed by atoms with Gasteiger partial charge in [-0.1, -0.05) is 18.2 Å². The second-order valence-electron chi connectivity index (χ2n) is 7.02. The molecule has 2 unspecified atom stereocenters. The Labute approximate surface area is 153 Å². The number of hydrogen-bond acceptors (Lipinski definition) is 4. The third-order valence-corrected chi connectivity index (χ3v) is 5.77. The summed E-state index contributed by atoms with van der Waals surface area (Å²) >= 11 is 0. The van der Waals surface area contributed by atoms with E-state index in [1.807, 2.05) is 64.0 Å². The highest BCUT2D eigenvalue weighted by molar-refractivity contribution is 7.86. The smallest absolute Gasteiger partial charge is 0.314 e. The highest BCUT2D eigenvalue weighted by Crippen LogP contribution is 2.27. The molecule has 142 valence electrons. The van der Waals surface area contributed by atoms with Crippen LogP contribution in [0.25, 0.3) is 0 Å². The van der Waals surface area contributed by atoms with Crippen LogP contribution >= 0.6 is 0 Å². The van der Waals surface area contributed by atoms with E-state index in [0.29, 0.717) is 18.8 Å². The molecule has 0 saturated carbocycles. The van der Waals surface area contributed by atoms with Crippen molar-refractivity contribution in [1.29, 1.82) is 0 Å². The molecule has 0 bridgehead atoms. The van der Waals surface area contributed by atoms with Gasteiger partial charge in [-0.05, 0) is 40.9 Å². The Kier molecular flexibility index (Phi) is 8.38. The van der Waals surface area contributed by atoms with Crippen molar-refractivity contribution in [2.45, 2.75) is 31.6 Å². The highest BCUT2D eigenvalue weighted by Gasteiger charge is 2.20. The number of para-hydroxylation sites is 1. The number of likely N-dealkylation sites (N-methyl/N-ethyl adjacent to an activating group) is 1. The molecule has 0 heterocycles. The average Bonchev–Trinajstić information content (AvgIpc) is 2.54. The van der Waals surface area contributed by atoms with E-state index in [2.05, 4.69) is 10.6 Å². The molecule has 2 amide bonds. The van der Waals surface area contributed by atoms with Gasteiger partial charge < -0.3 is 20.3 Å². The molecule has 0 saturated heterocycles. The van der Waals surface area contributed by atoms with Crippen LogP contribution in [0.4, 0.5) is 4.79 Å². The van der Waals surface area contributed by atoms with E-state index in [1.54, 1.807) is 7.11 Å². The third-order valence-electron chi connectivity index (χ3n) is 3.83. The fraction of sp³-hybridized carbons (Fsp3) is 0.611. The zero-order valence-corrected chi connectivity index (χ0v) is 16.9. The number of methoxy groups -OCH3 is 1. The zero-order chi connectivity index (χ0) is 19.0. The van der Waals surface area contributed by atoms with Crippen LogP contribution in [-0.2, 0) is 10.8 Å². The van der Waals surface area contributed by atoms with Crippen LogP contribution in [0.2, 0.25) is 0 Å². The predicted octanol–water partition coefficient (Wildman–Crippen LogP) is 2.14. The molecular weight excluding hydrogens is 338 g/mol. The molecule has 2 atom stereocenters. The van der Waals surface area contributed by atoms with Gasteiger partial charge >= 0.3 is 6.03 Å². The third kappa shape index (κ3) is 7.04. The van der Waals surface area contributed by atoms with Gasteiger partial charge in [-0.3, -0.25) is 4.21 Å². The van der Waals surface area contributed by atoms with Gasteiger partial charge in [0, 0.05) is 40.0 Å². The maximum absolute atomic E-state index is 12.0. The number of carbonyl (C=O) groups excluding carboxylic acids is 1. The standard InChI is InChI=1S/C18H31N3O3S/c1-18(2,3)25(23)12-11-19-17(22)20-13-15(21(4)5)14-9-7-8-10-16(14)24-6/h7-10,15H,11-13H2,1-6H3,(H2,19,20,22). The molecule has 25 heavy (non-hydrogen) atoms. The number of carbonyl (C=O) groups is 1. The first kappa shape index (κ1) is 21.4. The van der Waals surface area contributed by atoms with E-state index in [9.17, 15) is 9.00 Å². The first-order valence-electron chi connectivity index (χ1n) is 8.36. The van der Waals surface area contributed by atoms with Crippen molar-refractivity contribution in [2.24, 2.45) is 0 Å². The topological polar surface area (TPSA) is 70.7 Å². The summed E-state index contributed by atoms with van der Waals surface area (Å²) in [6.45, 7) is 6.62. The number of ether oxygens (including phenoxy) is 1. The second kappa shape index (κ2) is 9.77. The minimum Gasteiger partial charge on any atom is -0.496 e. The summed E-state index contributed by atoms with van der Waals surface area (Å²) in [7, 11) is 4.59. The number of amides is 2. The van der Waals surface area contributed by atoms with Crippen LogP contribution in [0.3, 0.4) is 0 Å². The first-order valence-corrected chi connectivity index (χ1v) is 9.68. The lowest BCUT2D eigenvalue weighted by atomic mass is 10.0. The van der Waals surface area contributed by atoms with Crippen molar-refractivity contribution in [3.8, 4) is 5.75 Å². The van der Waals surface area contributed by atoms with Crippen LogP contribution in [0.1, 0.15) is 32.4 Å². The molecule has 0 aromatic heterocycles. The zero-order valence-electron chi connectivity index (χ0n) is 16.1. The van der Waals surface area contributed by atoms with Crippen LogP contribution < -0.4 is 15.4 Å². The number of benzene rings is 1. The van der Waals surface area contributed by atoms with E-state index in [4.69, 9.17) is 4.74 Å². The Morgan fingerprint density at radius 3 is 2.44 bits per heavy atom. The van der Waals surface area contributed by atoms with Crippen molar-refractivity contribution in [3.05, 3.63) is 29.8 Å². The molecule has 0 fully saturated rings. The summed E-state index contributed by atoms with van der Waals surface area (Å²) in [5, 5.41) is 5.65. The number of nitrogens with one attached hydrogen (secondary N) is 2. The molecule has 7 heteroatoms. The largest absolute Gasteiger partial charge is 0.496 e. The van der Waals surface area contributed by atoms with Gasteiger partial charge in [0.1, 0.15) is 5.75 Å². The van der Waals surface area contributed by atoms with Crippen molar-refractivity contribution in [1.82, 2.24) is 15.5 Å². The van der Waals surface area contributed by atoms with Crippen molar-refractivity contribution in [2.75, 3.05) is 40.0 Å². The van der Waals surface area contributed by atoms with Crippen molar-refractivity contribution in [3.63, 3.8) is 0 Å². The maximum Gasteiger partial charge on any atom is 0.314 e. The van der Waals surface area contributed by atoms with E-state index in [-0.39, 0.29) is 16.8 Å². The molecular formula is C18H31N3O3S. The van der Waals surface area contributed by atoms with Gasteiger partial charge in [0.2, 0.25) is 0 Å². The van der Waals surface area contributed by atoms with Crippen LogP contribution in [0.15, 0.2) is 24.3 Å². The van der Waals surface area contributed by atoms with Crippen LogP contribution in [-0.4, -0.2) is 59.9 Å². The van der Waals surface area contributed by atoms with Gasteiger partial charge in [0.05, 0.1) is 13.2 Å². The minimum atomic E-state index is -0.975. The number of urea groups is 1. The lowest BCUT2D eigenvalue weighted by molar-refractivity contribution is 0.232. The Morgan fingerprint density at radius 1 is 1.24 bits per heavy atom. The first-order chi connectivity index (χ1) is 11.7.